The maximum atomic E-state index is 13.4. The van der Waals surface area contributed by atoms with E-state index >= 15 is 0 Å². The van der Waals surface area contributed by atoms with E-state index in [1.165, 1.54) is 12.3 Å². The van der Waals surface area contributed by atoms with E-state index in [2.05, 4.69) is 9.97 Å². The smallest absolute Gasteiger partial charge is 0.416 e. The summed E-state index contributed by atoms with van der Waals surface area (Å²) < 4.78 is 73.8. The molecule has 0 unspecified atom stereocenters. The Bertz CT molecular complexity index is 1330. The Morgan fingerprint density at radius 3 is 2.87 bits per heavy atom. The molecule has 2 N–H and O–H groups in total. The third-order valence-electron chi connectivity index (χ3n) is 5.46. The highest BCUT2D eigenvalue weighted by atomic mass is 19.4. The van der Waals surface area contributed by atoms with Crippen LogP contribution in [0.3, 0.4) is 0 Å². The average molecular weight is 433 g/mol. The van der Waals surface area contributed by atoms with Crippen LogP contribution in [0.2, 0.25) is 0 Å². The van der Waals surface area contributed by atoms with E-state index < -0.39 is 30.7 Å². The number of carbonyl (C=O) groups is 1. The lowest BCUT2D eigenvalue weighted by Gasteiger charge is -2.23. The number of amides is 1. The minimum atomic E-state index is -4.59. The van der Waals surface area contributed by atoms with Gasteiger partial charge in [-0.3, -0.25) is 4.79 Å². The van der Waals surface area contributed by atoms with Crippen LogP contribution < -0.4 is 10.5 Å². The number of halogens is 3. The summed E-state index contributed by atoms with van der Waals surface area (Å²) in [7, 11) is 0. The number of nitrogens with zero attached hydrogens (tertiary/aromatic N) is 3. The molecule has 160 valence electrons. The van der Waals surface area contributed by atoms with Gasteiger partial charge in [0.25, 0.3) is 5.91 Å². The van der Waals surface area contributed by atoms with Crippen LogP contribution in [0.15, 0.2) is 30.5 Å². The number of nitrogens with two attached hydrogens (primary N) is 1. The monoisotopic (exact) mass is 433 g/mol. The van der Waals surface area contributed by atoms with Gasteiger partial charge in [0.05, 0.1) is 36.5 Å². The molecule has 0 aliphatic carbocycles. The molecule has 0 saturated carbocycles. The molecule has 2 aromatic heterocycles. The van der Waals surface area contributed by atoms with Crippen LogP contribution in [0, 0.1) is 0 Å². The maximum Gasteiger partial charge on any atom is 0.416 e. The molecule has 0 saturated heterocycles. The molecule has 2 aliphatic rings. The van der Waals surface area contributed by atoms with Crippen LogP contribution in [0.25, 0.3) is 10.9 Å². The third kappa shape index (κ3) is 3.14. The molecular formula is C21H17F3N4O3. The van der Waals surface area contributed by atoms with E-state index in [1.54, 1.807) is 0 Å². The van der Waals surface area contributed by atoms with Gasteiger partial charge in [0.1, 0.15) is 23.9 Å². The number of pyridine rings is 2. The van der Waals surface area contributed by atoms with Gasteiger partial charge < -0.3 is 20.1 Å². The standard InChI is InChI=1S/C21H17F3N4O3/c1-28(17-9-31-18-4-10(21(22,23)24)2-3-11(17)18)20(29)15-5-12-13-7-30-8-14(13)19(25)27-16(12)6-26-15/h2-6,17H,7-9H2,1H3,(H2,25,27)/t17-/m0/s1/i1D3. The third-order valence-corrected chi connectivity index (χ3v) is 5.46. The summed E-state index contributed by atoms with van der Waals surface area (Å²) in [6.07, 6.45) is -3.27. The SMILES string of the molecule is [2H]C([2H])([2H])N(C(=O)c1cc2c3c(c(N)nc2cn1)COC3)[C@H]1COc2cc(C(F)(F)F)ccc21. The van der Waals surface area contributed by atoms with Crippen molar-refractivity contribution in [3.63, 3.8) is 0 Å². The molecule has 2 aliphatic heterocycles. The second-order valence-corrected chi connectivity index (χ2v) is 7.29. The number of nitrogen functional groups attached to an aromatic ring is 1. The normalized spacial score (nSPS) is 19.2. The van der Waals surface area contributed by atoms with E-state index in [0.29, 0.717) is 27.2 Å². The van der Waals surface area contributed by atoms with E-state index in [0.717, 1.165) is 23.8 Å². The summed E-state index contributed by atoms with van der Waals surface area (Å²) in [5.41, 5.74) is 6.89. The van der Waals surface area contributed by atoms with Crippen molar-refractivity contribution in [1.29, 1.82) is 0 Å². The Morgan fingerprint density at radius 1 is 1.29 bits per heavy atom. The zero-order chi connectivity index (χ0) is 24.4. The molecule has 0 bridgehead atoms. The van der Waals surface area contributed by atoms with Gasteiger partial charge in [0.15, 0.2) is 0 Å². The molecule has 1 atom stereocenters. The summed E-state index contributed by atoms with van der Waals surface area (Å²) in [5.74, 6) is -0.751. The first kappa shape index (κ1) is 16.3. The highest BCUT2D eigenvalue weighted by molar-refractivity contribution is 5.97. The van der Waals surface area contributed by atoms with Crippen molar-refractivity contribution in [2.24, 2.45) is 0 Å². The molecule has 0 spiro atoms. The topological polar surface area (TPSA) is 90.6 Å². The minimum Gasteiger partial charge on any atom is -0.491 e. The Labute approximate surface area is 178 Å². The first-order valence-electron chi connectivity index (χ1n) is 10.8. The zero-order valence-corrected chi connectivity index (χ0v) is 15.9. The minimum absolute atomic E-state index is 0.122. The summed E-state index contributed by atoms with van der Waals surface area (Å²) in [5, 5.41) is 0.559. The number of fused-ring (bicyclic) bond motifs is 4. The van der Waals surface area contributed by atoms with Gasteiger partial charge in [-0.05, 0) is 23.8 Å². The molecule has 0 fully saturated rings. The quantitative estimate of drug-likeness (QED) is 0.666. The van der Waals surface area contributed by atoms with Crippen LogP contribution in [-0.4, -0.2) is 34.4 Å². The molecule has 7 nitrogen and oxygen atoms in total. The lowest BCUT2D eigenvalue weighted by atomic mass is 10.0. The number of aromatic nitrogens is 2. The number of anilines is 1. The van der Waals surface area contributed by atoms with Gasteiger partial charge in [0.2, 0.25) is 0 Å². The van der Waals surface area contributed by atoms with Crippen molar-refractivity contribution < 1.29 is 31.6 Å². The molecule has 0 radical (unpaired) electrons. The van der Waals surface area contributed by atoms with Gasteiger partial charge in [-0.2, -0.15) is 13.2 Å². The van der Waals surface area contributed by atoms with Gasteiger partial charge in [-0.1, -0.05) is 6.07 Å². The molecule has 1 amide bonds. The number of alkyl halides is 3. The maximum absolute atomic E-state index is 13.4. The van der Waals surface area contributed by atoms with Crippen molar-refractivity contribution in [3.05, 3.63) is 58.4 Å². The lowest BCUT2D eigenvalue weighted by molar-refractivity contribution is -0.137. The van der Waals surface area contributed by atoms with Crippen LogP contribution in [0.1, 0.15) is 42.9 Å². The highest BCUT2D eigenvalue weighted by Crippen LogP contribution is 2.40. The highest BCUT2D eigenvalue weighted by Gasteiger charge is 2.36. The first-order chi connectivity index (χ1) is 15.9. The zero-order valence-electron chi connectivity index (χ0n) is 18.9. The Hall–Kier alpha value is -3.40. The van der Waals surface area contributed by atoms with Crippen molar-refractivity contribution >= 4 is 22.6 Å². The summed E-state index contributed by atoms with van der Waals surface area (Å²) in [6, 6.07) is 3.06. The van der Waals surface area contributed by atoms with Gasteiger partial charge in [-0.15, -0.1) is 0 Å². The molecule has 3 aromatic rings. The molecule has 1 aromatic carbocycles. The number of likely N-dealkylation sites (N-methyl/N-ethyl adjacent to an activating group) is 1. The predicted octanol–water partition coefficient (Wildman–Crippen LogP) is 3.47. The van der Waals surface area contributed by atoms with Gasteiger partial charge in [0, 0.05) is 27.6 Å². The largest absolute Gasteiger partial charge is 0.491 e. The summed E-state index contributed by atoms with van der Waals surface area (Å²) in [6.45, 7) is -2.70. The first-order valence-corrected chi connectivity index (χ1v) is 9.27. The average Bonchev–Trinajstić information content (AvgIpc) is 3.40. The van der Waals surface area contributed by atoms with Crippen molar-refractivity contribution in [3.8, 4) is 5.75 Å². The number of rotatable bonds is 2. The lowest BCUT2D eigenvalue weighted by Crippen LogP contribution is -2.32. The second kappa shape index (κ2) is 6.81. The van der Waals surface area contributed by atoms with E-state index in [4.69, 9.17) is 19.3 Å². The van der Waals surface area contributed by atoms with Gasteiger partial charge in [-0.25, -0.2) is 9.97 Å². The molecule has 31 heavy (non-hydrogen) atoms. The Morgan fingerprint density at radius 2 is 2.10 bits per heavy atom. The molecule has 5 rings (SSSR count). The van der Waals surface area contributed by atoms with E-state index in [1.807, 2.05) is 0 Å². The molecule has 4 heterocycles. The number of hydrogen-bond donors (Lipinski definition) is 1. The van der Waals surface area contributed by atoms with Crippen molar-refractivity contribution in [2.45, 2.75) is 25.4 Å². The number of ether oxygens (including phenoxy) is 2. The fraction of sp³-hybridized carbons (Fsp3) is 0.286. The molecule has 10 heteroatoms. The van der Waals surface area contributed by atoms with Crippen LogP contribution in [0.5, 0.6) is 5.75 Å². The van der Waals surface area contributed by atoms with Crippen LogP contribution in [0.4, 0.5) is 19.0 Å². The second-order valence-electron chi connectivity index (χ2n) is 7.29. The number of benzene rings is 1. The van der Waals surface area contributed by atoms with E-state index in [-0.39, 0.29) is 36.8 Å². The number of carbonyl (C=O) groups excluding carboxylic acids is 1. The Kier molecular flexibility index (Phi) is 3.58. The van der Waals surface area contributed by atoms with Crippen LogP contribution in [-0.2, 0) is 24.1 Å². The molecular weight excluding hydrogens is 413 g/mol. The fourth-order valence-corrected chi connectivity index (χ4v) is 3.84. The van der Waals surface area contributed by atoms with Crippen LogP contribution >= 0.6 is 0 Å². The summed E-state index contributed by atoms with van der Waals surface area (Å²) in [4.78, 5) is 22.4. The fourth-order valence-electron chi connectivity index (χ4n) is 3.84. The van der Waals surface area contributed by atoms with Crippen molar-refractivity contribution in [1.82, 2.24) is 14.9 Å². The summed E-state index contributed by atoms with van der Waals surface area (Å²) >= 11 is 0. The number of hydrogen-bond acceptors (Lipinski definition) is 6. The van der Waals surface area contributed by atoms with Crippen molar-refractivity contribution in [2.75, 3.05) is 19.3 Å². The predicted molar refractivity (Wildman–Crippen MR) is 104 cm³/mol. The Balaban J connectivity index is 1.56. The van der Waals surface area contributed by atoms with Gasteiger partial charge >= 0.3 is 6.18 Å². The van der Waals surface area contributed by atoms with E-state index in [9.17, 15) is 18.0 Å².